The van der Waals surface area contributed by atoms with E-state index < -0.39 is 0 Å². The van der Waals surface area contributed by atoms with E-state index in [2.05, 4.69) is 41.5 Å². The van der Waals surface area contributed by atoms with E-state index in [-0.39, 0.29) is 11.6 Å². The molecular weight excluding hydrogens is 308 g/mol. The largest absolute Gasteiger partial charge is 0.291 e. The van der Waals surface area contributed by atoms with E-state index in [9.17, 15) is 9.59 Å². The SMILES string of the molecule is CC(C)CCC(=O)C(=O)CCC(C)C.CCCCCCCCCCC. The molecule has 0 saturated carbocycles. The highest BCUT2D eigenvalue weighted by Gasteiger charge is 2.13. The highest BCUT2D eigenvalue weighted by molar-refractivity contribution is 6.37. The minimum atomic E-state index is -0.181. The number of hydrogen-bond donors (Lipinski definition) is 0. The van der Waals surface area contributed by atoms with E-state index in [0.717, 1.165) is 12.8 Å². The standard InChI is InChI=1S/C12H22O2.C11H24/c1-9(2)5-7-11(13)12(14)8-6-10(3)4;1-3-5-7-9-11-10-8-6-4-2/h9-10H,5-8H2,1-4H3;3-11H2,1-2H3. The predicted molar refractivity (Wildman–Crippen MR) is 111 cm³/mol. The number of Topliss-reactive ketones (excluding diaryl/α,β-unsaturated/α-hetero) is 2. The first kappa shape index (κ1) is 26.6. The van der Waals surface area contributed by atoms with Gasteiger partial charge < -0.3 is 0 Å². The first-order valence-corrected chi connectivity index (χ1v) is 10.9. The molecule has 0 heterocycles. The van der Waals surface area contributed by atoms with Gasteiger partial charge in [0.2, 0.25) is 0 Å². The van der Waals surface area contributed by atoms with Crippen molar-refractivity contribution in [3.8, 4) is 0 Å². The molecule has 0 amide bonds. The van der Waals surface area contributed by atoms with Crippen LogP contribution in [0.2, 0.25) is 0 Å². The molecule has 0 bridgehead atoms. The Balaban J connectivity index is 0. The Morgan fingerprint density at radius 2 is 0.840 bits per heavy atom. The maximum Gasteiger partial charge on any atom is 0.198 e. The second-order valence-corrected chi connectivity index (χ2v) is 8.19. The number of carbonyl (C=O) groups excluding carboxylic acids is 2. The third kappa shape index (κ3) is 23.3. The molecular formula is C23H46O2. The second-order valence-electron chi connectivity index (χ2n) is 8.19. The van der Waals surface area contributed by atoms with Crippen molar-refractivity contribution in [3.63, 3.8) is 0 Å². The fourth-order valence-corrected chi connectivity index (χ4v) is 2.50. The summed E-state index contributed by atoms with van der Waals surface area (Å²) in [7, 11) is 0. The first-order chi connectivity index (χ1) is 11.8. The van der Waals surface area contributed by atoms with Gasteiger partial charge in [0.1, 0.15) is 0 Å². The fourth-order valence-electron chi connectivity index (χ4n) is 2.50. The molecule has 0 atom stereocenters. The van der Waals surface area contributed by atoms with Crippen LogP contribution in [0.3, 0.4) is 0 Å². The molecule has 150 valence electrons. The molecule has 0 aliphatic heterocycles. The van der Waals surface area contributed by atoms with Gasteiger partial charge in [0.25, 0.3) is 0 Å². The average Bonchev–Trinajstić information content (AvgIpc) is 2.57. The Kier molecular flexibility index (Phi) is 20.9. The summed E-state index contributed by atoms with van der Waals surface area (Å²) in [4.78, 5) is 22.6. The minimum Gasteiger partial charge on any atom is -0.291 e. The molecule has 0 aromatic rings. The van der Waals surface area contributed by atoms with Crippen LogP contribution in [0, 0.1) is 11.8 Å². The van der Waals surface area contributed by atoms with Crippen LogP contribution in [0.25, 0.3) is 0 Å². The smallest absolute Gasteiger partial charge is 0.198 e. The van der Waals surface area contributed by atoms with Crippen molar-refractivity contribution in [2.24, 2.45) is 11.8 Å². The summed E-state index contributed by atoms with van der Waals surface area (Å²) in [6, 6.07) is 0. The molecule has 0 saturated heterocycles. The van der Waals surface area contributed by atoms with Gasteiger partial charge in [0.05, 0.1) is 0 Å². The zero-order chi connectivity index (χ0) is 19.5. The third-order valence-electron chi connectivity index (χ3n) is 4.42. The molecule has 0 radical (unpaired) electrons. The number of ketones is 2. The van der Waals surface area contributed by atoms with Crippen molar-refractivity contribution >= 4 is 11.6 Å². The first-order valence-electron chi connectivity index (χ1n) is 10.9. The zero-order valence-corrected chi connectivity index (χ0v) is 18.2. The summed E-state index contributed by atoms with van der Waals surface area (Å²) in [6.07, 6.45) is 15.5. The number of carbonyl (C=O) groups is 2. The van der Waals surface area contributed by atoms with E-state index in [1.807, 2.05) is 0 Å². The van der Waals surface area contributed by atoms with Gasteiger partial charge in [-0.3, -0.25) is 9.59 Å². The van der Waals surface area contributed by atoms with E-state index in [0.29, 0.717) is 24.7 Å². The molecule has 0 aliphatic carbocycles. The Morgan fingerprint density at radius 1 is 0.560 bits per heavy atom. The second kappa shape index (κ2) is 19.7. The topological polar surface area (TPSA) is 34.1 Å². The monoisotopic (exact) mass is 354 g/mol. The Labute approximate surface area is 158 Å². The Hall–Kier alpha value is -0.660. The number of hydrogen-bond acceptors (Lipinski definition) is 2. The van der Waals surface area contributed by atoms with Gasteiger partial charge >= 0.3 is 0 Å². The van der Waals surface area contributed by atoms with Crippen LogP contribution in [0.1, 0.15) is 125 Å². The van der Waals surface area contributed by atoms with E-state index >= 15 is 0 Å². The average molecular weight is 355 g/mol. The molecule has 0 spiro atoms. The van der Waals surface area contributed by atoms with Crippen LogP contribution in [0.15, 0.2) is 0 Å². The molecule has 0 unspecified atom stereocenters. The minimum absolute atomic E-state index is 0.181. The normalized spacial score (nSPS) is 10.7. The summed E-state index contributed by atoms with van der Waals surface area (Å²) in [5.41, 5.74) is 0. The fraction of sp³-hybridized carbons (Fsp3) is 0.913. The van der Waals surface area contributed by atoms with E-state index in [1.165, 1.54) is 57.8 Å². The summed E-state index contributed by atoms with van der Waals surface area (Å²) < 4.78 is 0. The van der Waals surface area contributed by atoms with Gasteiger partial charge in [-0.25, -0.2) is 0 Å². The molecule has 0 rings (SSSR count). The number of unbranched alkanes of at least 4 members (excludes halogenated alkanes) is 8. The van der Waals surface area contributed by atoms with Crippen LogP contribution in [-0.4, -0.2) is 11.6 Å². The van der Waals surface area contributed by atoms with Gasteiger partial charge in [-0.15, -0.1) is 0 Å². The zero-order valence-electron chi connectivity index (χ0n) is 18.2. The summed E-state index contributed by atoms with van der Waals surface area (Å²) in [5, 5.41) is 0. The van der Waals surface area contributed by atoms with Gasteiger partial charge in [0.15, 0.2) is 11.6 Å². The number of rotatable bonds is 15. The summed E-state index contributed by atoms with van der Waals surface area (Å²) in [6.45, 7) is 12.8. The Morgan fingerprint density at radius 3 is 1.08 bits per heavy atom. The molecule has 0 aliphatic rings. The summed E-state index contributed by atoms with van der Waals surface area (Å²) in [5.74, 6) is 0.632. The summed E-state index contributed by atoms with van der Waals surface area (Å²) >= 11 is 0. The van der Waals surface area contributed by atoms with Crippen LogP contribution >= 0.6 is 0 Å². The Bertz CT molecular complexity index is 275. The maximum atomic E-state index is 11.3. The van der Waals surface area contributed by atoms with Crippen LogP contribution in [0.5, 0.6) is 0 Å². The molecule has 0 aromatic heterocycles. The van der Waals surface area contributed by atoms with Gasteiger partial charge in [-0.2, -0.15) is 0 Å². The maximum absolute atomic E-state index is 11.3. The highest BCUT2D eigenvalue weighted by Crippen LogP contribution is 2.09. The van der Waals surface area contributed by atoms with Crippen LogP contribution in [0.4, 0.5) is 0 Å². The van der Waals surface area contributed by atoms with Crippen molar-refractivity contribution in [2.75, 3.05) is 0 Å². The molecule has 25 heavy (non-hydrogen) atoms. The molecule has 2 heteroatoms. The lowest BCUT2D eigenvalue weighted by atomic mass is 9.99. The van der Waals surface area contributed by atoms with Crippen molar-refractivity contribution in [1.29, 1.82) is 0 Å². The lowest BCUT2D eigenvalue weighted by Crippen LogP contribution is -2.14. The molecule has 0 aromatic carbocycles. The lowest BCUT2D eigenvalue weighted by Gasteiger charge is -2.04. The van der Waals surface area contributed by atoms with Crippen molar-refractivity contribution in [2.45, 2.75) is 125 Å². The lowest BCUT2D eigenvalue weighted by molar-refractivity contribution is -0.136. The quantitative estimate of drug-likeness (QED) is 0.225. The van der Waals surface area contributed by atoms with Gasteiger partial charge in [0, 0.05) is 12.8 Å². The van der Waals surface area contributed by atoms with Gasteiger partial charge in [-0.1, -0.05) is 99.3 Å². The van der Waals surface area contributed by atoms with Crippen molar-refractivity contribution in [3.05, 3.63) is 0 Å². The third-order valence-corrected chi connectivity index (χ3v) is 4.42. The molecule has 2 nitrogen and oxygen atoms in total. The van der Waals surface area contributed by atoms with Crippen molar-refractivity contribution < 1.29 is 9.59 Å². The predicted octanol–water partition coefficient (Wildman–Crippen LogP) is 7.53. The van der Waals surface area contributed by atoms with E-state index in [4.69, 9.17) is 0 Å². The molecule has 0 fully saturated rings. The highest BCUT2D eigenvalue weighted by atomic mass is 16.2. The van der Waals surface area contributed by atoms with Gasteiger partial charge in [-0.05, 0) is 24.7 Å². The molecule has 0 N–H and O–H groups in total. The van der Waals surface area contributed by atoms with Crippen LogP contribution < -0.4 is 0 Å². The van der Waals surface area contributed by atoms with Crippen molar-refractivity contribution in [1.82, 2.24) is 0 Å². The van der Waals surface area contributed by atoms with E-state index in [1.54, 1.807) is 0 Å². The van der Waals surface area contributed by atoms with Crippen LogP contribution in [-0.2, 0) is 9.59 Å².